The van der Waals surface area contributed by atoms with Crippen molar-refractivity contribution >= 4 is 21.6 Å². The summed E-state index contributed by atoms with van der Waals surface area (Å²) in [7, 11) is -0.233. The third-order valence-corrected chi connectivity index (χ3v) is 11.4. The van der Waals surface area contributed by atoms with Crippen LogP contribution in [-0.2, 0) is 0 Å². The highest BCUT2D eigenvalue weighted by Crippen LogP contribution is 2.50. The van der Waals surface area contributed by atoms with E-state index in [0.29, 0.717) is 11.3 Å². The molecule has 0 aromatic heterocycles. The van der Waals surface area contributed by atoms with Crippen molar-refractivity contribution in [1.82, 2.24) is 5.43 Å². The van der Waals surface area contributed by atoms with E-state index in [0.717, 1.165) is 17.5 Å². The van der Waals surface area contributed by atoms with Crippen molar-refractivity contribution in [3.63, 3.8) is 0 Å². The number of hydrogen-bond acceptors (Lipinski definition) is 2. The molecule has 0 heterocycles. The standard InChI is InChI=1S/C24H50N2P2/c1-17(2)27(18(3)4)15-21(23(9,10)11)25-26-22(24(12,13)14)16-28(19(5)6)20(7)8/h15,17-20,25H,16H2,1-14H3/b21-15-,26-22-. The lowest BCUT2D eigenvalue weighted by Crippen LogP contribution is -2.30. The number of nitrogens with zero attached hydrogens (tertiary/aromatic N) is 1. The predicted octanol–water partition coefficient (Wildman–Crippen LogP) is 8.46. The van der Waals surface area contributed by atoms with Crippen LogP contribution >= 0.6 is 15.8 Å². The lowest BCUT2D eigenvalue weighted by atomic mass is 9.91. The van der Waals surface area contributed by atoms with Gasteiger partial charge in [0.05, 0.1) is 0 Å². The maximum atomic E-state index is 5.06. The Morgan fingerprint density at radius 3 is 1.46 bits per heavy atom. The topological polar surface area (TPSA) is 24.4 Å². The molecule has 0 rings (SSSR count). The molecule has 2 nitrogen and oxygen atoms in total. The Morgan fingerprint density at radius 2 is 1.18 bits per heavy atom. The summed E-state index contributed by atoms with van der Waals surface area (Å²) < 4.78 is 0. The average Bonchev–Trinajstić information content (AvgIpc) is 2.45. The minimum Gasteiger partial charge on any atom is -0.282 e. The summed E-state index contributed by atoms with van der Waals surface area (Å²) in [6, 6.07) is 0. The molecule has 0 saturated carbocycles. The van der Waals surface area contributed by atoms with Crippen molar-refractivity contribution in [2.24, 2.45) is 15.9 Å². The zero-order chi connectivity index (χ0) is 22.4. The van der Waals surface area contributed by atoms with Gasteiger partial charge in [-0.3, -0.25) is 5.43 Å². The Labute approximate surface area is 180 Å². The molecular weight excluding hydrogens is 378 g/mol. The maximum Gasteiger partial charge on any atom is 0.0478 e. The molecule has 0 radical (unpaired) electrons. The van der Waals surface area contributed by atoms with E-state index in [1.54, 1.807) is 0 Å². The molecule has 0 unspecified atom stereocenters. The molecule has 0 aliphatic carbocycles. The summed E-state index contributed by atoms with van der Waals surface area (Å²) in [5.41, 5.74) is 9.15. The fourth-order valence-electron chi connectivity index (χ4n) is 3.14. The Bertz CT molecular complexity index is 502. The van der Waals surface area contributed by atoms with Crippen molar-refractivity contribution in [1.29, 1.82) is 0 Å². The van der Waals surface area contributed by atoms with E-state index in [2.05, 4.69) is 108 Å². The number of rotatable bonds is 9. The largest absolute Gasteiger partial charge is 0.282 e. The third-order valence-electron chi connectivity index (χ3n) is 5.11. The van der Waals surface area contributed by atoms with Crippen LogP contribution in [0.15, 0.2) is 16.6 Å². The molecule has 0 aromatic rings. The van der Waals surface area contributed by atoms with Gasteiger partial charge < -0.3 is 0 Å². The van der Waals surface area contributed by atoms with E-state index >= 15 is 0 Å². The van der Waals surface area contributed by atoms with Crippen LogP contribution in [0.2, 0.25) is 0 Å². The average molecular weight is 429 g/mol. The summed E-state index contributed by atoms with van der Waals surface area (Å²) in [5, 5.41) is 5.06. The van der Waals surface area contributed by atoms with Crippen LogP contribution in [0.5, 0.6) is 0 Å². The maximum absolute atomic E-state index is 5.06. The fraction of sp³-hybridized carbons (Fsp3) is 0.875. The van der Waals surface area contributed by atoms with Gasteiger partial charge >= 0.3 is 0 Å². The Kier molecular flexibility index (Phi) is 11.5. The molecule has 0 aliphatic rings. The number of hydrogen-bond donors (Lipinski definition) is 1. The zero-order valence-electron chi connectivity index (χ0n) is 21.4. The van der Waals surface area contributed by atoms with Crippen molar-refractivity contribution in [2.75, 3.05) is 6.16 Å². The molecule has 0 amide bonds. The molecule has 0 fully saturated rings. The zero-order valence-corrected chi connectivity index (χ0v) is 23.2. The van der Waals surface area contributed by atoms with Crippen molar-refractivity contribution in [2.45, 2.75) is 120 Å². The van der Waals surface area contributed by atoms with E-state index < -0.39 is 0 Å². The van der Waals surface area contributed by atoms with E-state index in [1.165, 1.54) is 11.4 Å². The first-order valence-electron chi connectivity index (χ1n) is 11.1. The molecule has 166 valence electrons. The number of hydrazone groups is 1. The van der Waals surface area contributed by atoms with Gasteiger partial charge in [0.2, 0.25) is 0 Å². The molecule has 0 bridgehead atoms. The monoisotopic (exact) mass is 428 g/mol. The summed E-state index contributed by atoms with van der Waals surface area (Å²) in [4.78, 5) is 0. The minimum absolute atomic E-state index is 0.0647. The Morgan fingerprint density at radius 1 is 0.750 bits per heavy atom. The van der Waals surface area contributed by atoms with Gasteiger partial charge in [0, 0.05) is 28.4 Å². The molecule has 28 heavy (non-hydrogen) atoms. The van der Waals surface area contributed by atoms with E-state index in [4.69, 9.17) is 5.10 Å². The second kappa shape index (κ2) is 11.5. The quantitative estimate of drug-likeness (QED) is 0.222. The molecule has 1 N–H and O–H groups in total. The summed E-state index contributed by atoms with van der Waals surface area (Å²) in [6.45, 7) is 32.7. The molecule has 0 saturated heterocycles. The summed E-state index contributed by atoms with van der Waals surface area (Å²) >= 11 is 0. The van der Waals surface area contributed by atoms with Crippen molar-refractivity contribution < 1.29 is 0 Å². The highest BCUT2D eigenvalue weighted by atomic mass is 31.1. The fourth-order valence-corrected chi connectivity index (χ4v) is 8.48. The Balaban J connectivity index is 5.94. The summed E-state index contributed by atoms with van der Waals surface area (Å²) in [5.74, 6) is 2.52. The van der Waals surface area contributed by atoms with Crippen LogP contribution in [0.25, 0.3) is 0 Å². The second-order valence-corrected chi connectivity index (χ2v) is 17.8. The van der Waals surface area contributed by atoms with Gasteiger partial charge in [0.15, 0.2) is 0 Å². The first-order chi connectivity index (χ1) is 12.5. The van der Waals surface area contributed by atoms with Gasteiger partial charge in [-0.15, -0.1) is 0 Å². The summed E-state index contributed by atoms with van der Waals surface area (Å²) in [6.07, 6.45) is 1.13. The van der Waals surface area contributed by atoms with Crippen LogP contribution < -0.4 is 5.43 Å². The van der Waals surface area contributed by atoms with Gasteiger partial charge in [-0.25, -0.2) is 0 Å². The van der Waals surface area contributed by atoms with E-state index in [9.17, 15) is 0 Å². The van der Waals surface area contributed by atoms with E-state index in [1.807, 2.05) is 0 Å². The van der Waals surface area contributed by atoms with Gasteiger partial charge in [0.1, 0.15) is 0 Å². The SMILES string of the molecule is CC(C)P(/C=C(\N/N=C(/CP(C(C)C)C(C)C)C(C)(C)C)C(C)(C)C)C(C)C. The van der Waals surface area contributed by atoms with Crippen LogP contribution in [0.1, 0.15) is 96.9 Å². The Hall–Kier alpha value is 0.0700. The molecular formula is C24H50N2P2. The van der Waals surface area contributed by atoms with Gasteiger partial charge in [-0.05, 0) is 28.5 Å². The van der Waals surface area contributed by atoms with Gasteiger partial charge in [-0.1, -0.05) is 113 Å². The number of nitrogens with one attached hydrogen (secondary N) is 1. The normalized spacial score (nSPS) is 15.1. The second-order valence-electron chi connectivity index (χ2n) is 11.2. The van der Waals surface area contributed by atoms with Crippen LogP contribution in [0.3, 0.4) is 0 Å². The lowest BCUT2D eigenvalue weighted by molar-refractivity contribution is 0.463. The molecule has 0 aliphatic heterocycles. The molecule has 0 atom stereocenters. The highest BCUT2D eigenvalue weighted by Gasteiger charge is 2.27. The lowest BCUT2D eigenvalue weighted by Gasteiger charge is -2.32. The van der Waals surface area contributed by atoms with Gasteiger partial charge in [-0.2, -0.15) is 5.10 Å². The smallest absolute Gasteiger partial charge is 0.0478 e. The highest BCUT2D eigenvalue weighted by molar-refractivity contribution is 7.62. The molecule has 4 heteroatoms. The van der Waals surface area contributed by atoms with Crippen LogP contribution in [-0.4, -0.2) is 34.5 Å². The van der Waals surface area contributed by atoms with Crippen LogP contribution in [0.4, 0.5) is 0 Å². The van der Waals surface area contributed by atoms with E-state index in [-0.39, 0.29) is 26.7 Å². The predicted molar refractivity (Wildman–Crippen MR) is 137 cm³/mol. The molecule has 0 spiro atoms. The molecule has 0 aromatic carbocycles. The third kappa shape index (κ3) is 9.71. The van der Waals surface area contributed by atoms with Gasteiger partial charge in [0.25, 0.3) is 0 Å². The van der Waals surface area contributed by atoms with Crippen LogP contribution in [0, 0.1) is 10.8 Å². The first kappa shape index (κ1) is 28.1. The minimum atomic E-state index is -0.168. The van der Waals surface area contributed by atoms with Crippen molar-refractivity contribution in [3.8, 4) is 0 Å². The number of allylic oxidation sites excluding steroid dienone is 1. The first-order valence-corrected chi connectivity index (χ1v) is 14.3. The van der Waals surface area contributed by atoms with Crippen molar-refractivity contribution in [3.05, 3.63) is 11.5 Å².